The fourth-order valence-electron chi connectivity index (χ4n) is 3.29. The van der Waals surface area contributed by atoms with E-state index in [0.717, 1.165) is 12.8 Å². The summed E-state index contributed by atoms with van der Waals surface area (Å²) >= 11 is 0. The Bertz CT molecular complexity index is 979. The van der Waals surface area contributed by atoms with Gasteiger partial charge in [-0.2, -0.15) is 0 Å². The second kappa shape index (κ2) is 7.84. The first-order valence-electron chi connectivity index (χ1n) is 8.65. The number of Topliss-reactive ketones (excluding diaryl/α,β-unsaturated/α-hetero) is 1. The van der Waals surface area contributed by atoms with Crippen molar-refractivity contribution in [1.29, 1.82) is 0 Å². The third-order valence-corrected chi connectivity index (χ3v) is 6.52. The summed E-state index contributed by atoms with van der Waals surface area (Å²) < 4.78 is 25.6. The number of carbonyl (C=O) groups excluding carboxylic acids is 1. The average molecular weight is 385 g/mol. The molecule has 0 aliphatic heterocycles. The maximum absolute atomic E-state index is 12.8. The van der Waals surface area contributed by atoms with E-state index in [-0.39, 0.29) is 28.0 Å². The lowest BCUT2D eigenvalue weighted by atomic mass is 9.84. The van der Waals surface area contributed by atoms with Crippen molar-refractivity contribution < 1.29 is 18.1 Å². The highest BCUT2D eigenvalue weighted by atomic mass is 32.2. The highest BCUT2D eigenvalue weighted by Gasteiger charge is 2.29. The fourth-order valence-corrected chi connectivity index (χ4v) is 4.91. The number of non-ortho nitro benzene ring substituents is 1. The number of rotatable bonds is 6. The van der Waals surface area contributed by atoms with Crippen LogP contribution in [0.4, 0.5) is 5.69 Å². The Hall–Kier alpha value is -2.80. The Labute approximate surface area is 157 Å². The van der Waals surface area contributed by atoms with Crippen molar-refractivity contribution >= 4 is 21.3 Å². The quantitative estimate of drug-likeness (QED) is 0.426. The van der Waals surface area contributed by atoms with Crippen molar-refractivity contribution in [3.05, 3.63) is 81.9 Å². The number of allylic oxidation sites excluding steroid dienone is 2. The molecule has 6 nitrogen and oxygen atoms in total. The summed E-state index contributed by atoms with van der Waals surface area (Å²) in [5, 5.41) is 10.7. The molecule has 2 aromatic rings. The second-order valence-electron chi connectivity index (χ2n) is 6.51. The molecule has 1 aliphatic rings. The molecule has 0 bridgehead atoms. The SMILES string of the molecule is O=C(C1=CCCCC1CS(=O)(=O)c1ccc([N+](=O)[O-])cc1)c1ccccc1. The molecule has 0 spiro atoms. The number of hydrogen-bond donors (Lipinski definition) is 0. The van der Waals surface area contributed by atoms with Crippen LogP contribution in [0.1, 0.15) is 29.6 Å². The predicted octanol–water partition coefficient (Wildman–Crippen LogP) is 3.98. The van der Waals surface area contributed by atoms with Crippen LogP contribution in [0.15, 0.2) is 71.1 Å². The van der Waals surface area contributed by atoms with Crippen LogP contribution in [0.5, 0.6) is 0 Å². The van der Waals surface area contributed by atoms with Crippen LogP contribution >= 0.6 is 0 Å². The maximum atomic E-state index is 12.8. The van der Waals surface area contributed by atoms with Crippen LogP contribution in [0, 0.1) is 16.0 Å². The molecule has 140 valence electrons. The minimum absolute atomic E-state index is 0.0326. The topological polar surface area (TPSA) is 94.3 Å². The Morgan fingerprint density at radius 2 is 1.74 bits per heavy atom. The van der Waals surface area contributed by atoms with E-state index < -0.39 is 14.8 Å². The van der Waals surface area contributed by atoms with Gasteiger partial charge in [0.2, 0.25) is 0 Å². The van der Waals surface area contributed by atoms with E-state index in [2.05, 4.69) is 0 Å². The zero-order valence-corrected chi connectivity index (χ0v) is 15.4. The first-order valence-corrected chi connectivity index (χ1v) is 10.3. The largest absolute Gasteiger partial charge is 0.289 e. The van der Waals surface area contributed by atoms with Crippen molar-refractivity contribution in [2.24, 2.45) is 5.92 Å². The van der Waals surface area contributed by atoms with Crippen molar-refractivity contribution in [1.82, 2.24) is 0 Å². The lowest BCUT2D eigenvalue weighted by Crippen LogP contribution is -2.24. The van der Waals surface area contributed by atoms with Gasteiger partial charge < -0.3 is 0 Å². The van der Waals surface area contributed by atoms with Crippen LogP contribution in [0.2, 0.25) is 0 Å². The summed E-state index contributed by atoms with van der Waals surface area (Å²) in [4.78, 5) is 23.0. The van der Waals surface area contributed by atoms with Gasteiger partial charge in [-0.15, -0.1) is 0 Å². The molecule has 0 saturated heterocycles. The number of ketones is 1. The number of nitro benzene ring substituents is 1. The van der Waals surface area contributed by atoms with Crippen molar-refractivity contribution in [2.75, 3.05) is 5.75 Å². The number of carbonyl (C=O) groups is 1. The molecule has 27 heavy (non-hydrogen) atoms. The van der Waals surface area contributed by atoms with Gasteiger partial charge in [0.15, 0.2) is 15.6 Å². The van der Waals surface area contributed by atoms with Crippen molar-refractivity contribution in [3.63, 3.8) is 0 Å². The number of hydrogen-bond acceptors (Lipinski definition) is 5. The Morgan fingerprint density at radius 1 is 1.07 bits per heavy atom. The molecule has 0 fully saturated rings. The summed E-state index contributed by atoms with van der Waals surface area (Å²) in [6, 6.07) is 13.7. The number of nitrogens with zero attached hydrogens (tertiary/aromatic N) is 1. The van der Waals surface area contributed by atoms with Crippen LogP contribution in [0.25, 0.3) is 0 Å². The van der Waals surface area contributed by atoms with Crippen LogP contribution in [0.3, 0.4) is 0 Å². The van der Waals surface area contributed by atoms with Gasteiger partial charge in [0.1, 0.15) is 0 Å². The van der Waals surface area contributed by atoms with Gasteiger partial charge in [-0.3, -0.25) is 14.9 Å². The van der Waals surface area contributed by atoms with Crippen molar-refractivity contribution in [3.8, 4) is 0 Å². The van der Waals surface area contributed by atoms with Crippen LogP contribution in [-0.4, -0.2) is 24.9 Å². The van der Waals surface area contributed by atoms with Gasteiger partial charge in [-0.25, -0.2) is 8.42 Å². The summed E-state index contributed by atoms with van der Waals surface area (Å²) in [7, 11) is -3.67. The highest BCUT2D eigenvalue weighted by molar-refractivity contribution is 7.91. The van der Waals surface area contributed by atoms with Crippen LogP contribution < -0.4 is 0 Å². The Kier molecular flexibility index (Phi) is 5.51. The van der Waals surface area contributed by atoms with E-state index in [1.54, 1.807) is 24.3 Å². The van der Waals surface area contributed by atoms with Crippen LogP contribution in [-0.2, 0) is 9.84 Å². The molecule has 0 radical (unpaired) electrons. The predicted molar refractivity (Wildman–Crippen MR) is 101 cm³/mol. The van der Waals surface area contributed by atoms with E-state index in [0.29, 0.717) is 17.6 Å². The van der Waals surface area contributed by atoms with Gasteiger partial charge in [0, 0.05) is 29.2 Å². The zero-order chi connectivity index (χ0) is 19.4. The van der Waals surface area contributed by atoms with E-state index in [9.17, 15) is 23.3 Å². The third kappa shape index (κ3) is 4.31. The smallest absolute Gasteiger partial charge is 0.269 e. The lowest BCUT2D eigenvalue weighted by molar-refractivity contribution is -0.384. The third-order valence-electron chi connectivity index (χ3n) is 4.69. The van der Waals surface area contributed by atoms with Gasteiger partial charge >= 0.3 is 0 Å². The van der Waals surface area contributed by atoms with Gasteiger partial charge in [-0.05, 0) is 31.4 Å². The fraction of sp³-hybridized carbons (Fsp3) is 0.250. The monoisotopic (exact) mass is 385 g/mol. The Balaban J connectivity index is 1.84. The standard InChI is InChI=1S/C20H19NO5S/c22-20(15-6-2-1-3-7-15)19-9-5-4-8-16(19)14-27(25,26)18-12-10-17(11-13-18)21(23)24/h1-3,6-7,9-13,16H,4-5,8,14H2. The molecule has 0 aromatic heterocycles. The first-order chi connectivity index (χ1) is 12.9. The minimum Gasteiger partial charge on any atom is -0.289 e. The average Bonchev–Trinajstić information content (AvgIpc) is 2.68. The molecule has 0 saturated carbocycles. The minimum atomic E-state index is -3.67. The maximum Gasteiger partial charge on any atom is 0.269 e. The van der Waals surface area contributed by atoms with Gasteiger partial charge in [-0.1, -0.05) is 36.4 Å². The highest BCUT2D eigenvalue weighted by Crippen LogP contribution is 2.31. The summed E-state index contributed by atoms with van der Waals surface area (Å²) in [6.45, 7) is 0. The molecule has 0 N–H and O–H groups in total. The second-order valence-corrected chi connectivity index (χ2v) is 8.55. The molecule has 3 rings (SSSR count). The molecule has 2 aromatic carbocycles. The zero-order valence-electron chi connectivity index (χ0n) is 14.6. The summed E-state index contributed by atoms with van der Waals surface area (Å²) in [5.74, 6) is -0.708. The summed E-state index contributed by atoms with van der Waals surface area (Å²) in [6.07, 6.45) is 4.04. The Morgan fingerprint density at radius 3 is 2.37 bits per heavy atom. The molecule has 1 atom stereocenters. The molecule has 1 aliphatic carbocycles. The number of sulfone groups is 1. The lowest BCUT2D eigenvalue weighted by Gasteiger charge is -2.23. The number of benzene rings is 2. The first kappa shape index (κ1) is 19.0. The molecule has 7 heteroatoms. The van der Waals surface area contributed by atoms with Gasteiger partial charge in [0.05, 0.1) is 15.6 Å². The van der Waals surface area contributed by atoms with E-state index in [1.165, 1.54) is 24.3 Å². The molecule has 0 heterocycles. The van der Waals surface area contributed by atoms with E-state index in [1.807, 2.05) is 12.1 Å². The van der Waals surface area contributed by atoms with E-state index in [4.69, 9.17) is 0 Å². The van der Waals surface area contributed by atoms with E-state index >= 15 is 0 Å². The number of nitro groups is 1. The molecule has 0 amide bonds. The normalized spacial score (nSPS) is 17.2. The van der Waals surface area contributed by atoms with Crippen molar-refractivity contribution in [2.45, 2.75) is 24.2 Å². The summed E-state index contributed by atoms with van der Waals surface area (Å²) in [5.41, 5.74) is 0.924. The molecule has 1 unspecified atom stereocenters. The van der Waals surface area contributed by atoms with Gasteiger partial charge in [0.25, 0.3) is 5.69 Å². The molecular weight excluding hydrogens is 366 g/mol. The molecular formula is C20H19NO5S.